The molecule has 0 N–H and O–H groups in total. The zero-order valence-electron chi connectivity index (χ0n) is 12.3. The topological polar surface area (TPSA) is 47.9 Å². The Morgan fingerprint density at radius 2 is 2.09 bits per heavy atom. The van der Waals surface area contributed by atoms with Gasteiger partial charge in [-0.3, -0.25) is 0 Å². The Morgan fingerprint density at radius 1 is 1.26 bits per heavy atom. The maximum Gasteiger partial charge on any atom is 0.365 e. The second kappa shape index (κ2) is 6.50. The normalized spacial score (nSPS) is 14.7. The van der Waals surface area contributed by atoms with Gasteiger partial charge in [0, 0.05) is 10.0 Å². The first-order valence-electron chi connectivity index (χ1n) is 6.99. The standard InChI is InChI=1S/C17H13BrFNO3/c1-22-15-8-6-13(18)12-5-7-14(16(12)15)20-23-17(21)10-3-2-4-11(19)9-10/h2-4,6,8-9H,5,7H2,1H3/b20-14-. The maximum absolute atomic E-state index is 13.1. The van der Waals surface area contributed by atoms with Crippen molar-refractivity contribution >= 4 is 27.6 Å². The summed E-state index contributed by atoms with van der Waals surface area (Å²) in [5, 5.41) is 3.96. The van der Waals surface area contributed by atoms with Crippen LogP contribution in [0.5, 0.6) is 5.75 Å². The second-order valence-electron chi connectivity index (χ2n) is 5.03. The van der Waals surface area contributed by atoms with Crippen LogP contribution >= 0.6 is 15.9 Å². The predicted octanol–water partition coefficient (Wildman–Crippen LogP) is 4.10. The maximum atomic E-state index is 13.1. The summed E-state index contributed by atoms with van der Waals surface area (Å²) in [7, 11) is 1.58. The first-order valence-corrected chi connectivity index (χ1v) is 7.79. The van der Waals surface area contributed by atoms with E-state index in [-0.39, 0.29) is 5.56 Å². The molecule has 6 heteroatoms. The van der Waals surface area contributed by atoms with Crippen LogP contribution in [0.25, 0.3) is 0 Å². The van der Waals surface area contributed by atoms with Gasteiger partial charge in [0.1, 0.15) is 11.6 Å². The number of hydrogen-bond donors (Lipinski definition) is 0. The molecule has 2 aromatic carbocycles. The molecule has 1 aliphatic carbocycles. The van der Waals surface area contributed by atoms with Gasteiger partial charge < -0.3 is 9.57 Å². The van der Waals surface area contributed by atoms with E-state index in [0.717, 1.165) is 28.1 Å². The molecule has 0 spiro atoms. The lowest BCUT2D eigenvalue weighted by Gasteiger charge is -2.09. The first kappa shape index (κ1) is 15.7. The highest BCUT2D eigenvalue weighted by atomic mass is 79.9. The van der Waals surface area contributed by atoms with Crippen LogP contribution in [-0.4, -0.2) is 18.8 Å². The van der Waals surface area contributed by atoms with Gasteiger partial charge in [-0.1, -0.05) is 27.2 Å². The van der Waals surface area contributed by atoms with E-state index < -0.39 is 11.8 Å². The summed E-state index contributed by atoms with van der Waals surface area (Å²) in [5.74, 6) is -0.510. The van der Waals surface area contributed by atoms with Crippen LogP contribution in [0.4, 0.5) is 4.39 Å². The van der Waals surface area contributed by atoms with Crippen LogP contribution in [0.3, 0.4) is 0 Å². The smallest absolute Gasteiger partial charge is 0.365 e. The van der Waals surface area contributed by atoms with Crippen LogP contribution in [0.15, 0.2) is 46.0 Å². The van der Waals surface area contributed by atoms with Gasteiger partial charge in [-0.2, -0.15) is 0 Å². The number of fused-ring (bicyclic) bond motifs is 1. The summed E-state index contributed by atoms with van der Waals surface area (Å²) in [5.41, 5.74) is 2.68. The summed E-state index contributed by atoms with van der Waals surface area (Å²) in [6, 6.07) is 9.05. The second-order valence-corrected chi connectivity index (χ2v) is 5.88. The molecule has 0 unspecified atom stereocenters. The number of hydrogen-bond acceptors (Lipinski definition) is 4. The van der Waals surface area contributed by atoms with Crippen LogP contribution in [0.1, 0.15) is 27.9 Å². The van der Waals surface area contributed by atoms with Crippen molar-refractivity contribution in [2.45, 2.75) is 12.8 Å². The highest BCUT2D eigenvalue weighted by Crippen LogP contribution is 2.36. The summed E-state index contributed by atoms with van der Waals surface area (Å²) in [6.45, 7) is 0. The molecule has 0 fully saturated rings. The molecule has 0 bridgehead atoms. The van der Waals surface area contributed by atoms with E-state index >= 15 is 0 Å². The lowest BCUT2D eigenvalue weighted by molar-refractivity contribution is 0.0515. The molecular formula is C17H13BrFNO3. The average molecular weight is 378 g/mol. The zero-order valence-corrected chi connectivity index (χ0v) is 13.9. The van der Waals surface area contributed by atoms with Gasteiger partial charge >= 0.3 is 5.97 Å². The fourth-order valence-corrected chi connectivity index (χ4v) is 3.08. The van der Waals surface area contributed by atoms with E-state index in [1.807, 2.05) is 12.1 Å². The van der Waals surface area contributed by atoms with Gasteiger partial charge in [-0.05, 0) is 48.7 Å². The van der Waals surface area contributed by atoms with Crippen molar-refractivity contribution in [3.8, 4) is 5.75 Å². The first-order chi connectivity index (χ1) is 11.1. The Kier molecular flexibility index (Phi) is 4.43. The van der Waals surface area contributed by atoms with Crippen molar-refractivity contribution in [1.82, 2.24) is 0 Å². The van der Waals surface area contributed by atoms with E-state index in [1.165, 1.54) is 18.2 Å². The fourth-order valence-electron chi connectivity index (χ4n) is 2.56. The van der Waals surface area contributed by atoms with Crippen LogP contribution in [0.2, 0.25) is 0 Å². The summed E-state index contributed by atoms with van der Waals surface area (Å²) < 4.78 is 19.5. The molecule has 0 saturated carbocycles. The highest BCUT2D eigenvalue weighted by molar-refractivity contribution is 9.10. The lowest BCUT2D eigenvalue weighted by Crippen LogP contribution is -2.05. The molecule has 0 radical (unpaired) electrons. The number of carbonyl (C=O) groups excluding carboxylic acids is 1. The number of oxime groups is 1. The largest absolute Gasteiger partial charge is 0.496 e. The Balaban J connectivity index is 1.87. The number of methoxy groups -OCH3 is 1. The number of rotatable bonds is 3. The van der Waals surface area contributed by atoms with Crippen molar-refractivity contribution in [2.24, 2.45) is 5.16 Å². The Morgan fingerprint density at radius 3 is 2.83 bits per heavy atom. The van der Waals surface area contributed by atoms with Crippen molar-refractivity contribution < 1.29 is 18.8 Å². The number of ether oxygens (including phenoxy) is 1. The van der Waals surface area contributed by atoms with Gasteiger partial charge in [-0.15, -0.1) is 0 Å². The van der Waals surface area contributed by atoms with Gasteiger partial charge in [0.2, 0.25) is 0 Å². The number of nitrogens with zero attached hydrogens (tertiary/aromatic N) is 1. The summed E-state index contributed by atoms with van der Waals surface area (Å²) >= 11 is 3.50. The molecule has 0 amide bonds. The molecule has 23 heavy (non-hydrogen) atoms. The van der Waals surface area contributed by atoms with Crippen LogP contribution in [-0.2, 0) is 11.3 Å². The van der Waals surface area contributed by atoms with Gasteiger partial charge in [-0.25, -0.2) is 9.18 Å². The molecule has 2 aromatic rings. The highest BCUT2D eigenvalue weighted by Gasteiger charge is 2.25. The molecule has 0 aromatic heterocycles. The Bertz CT molecular complexity index is 804. The molecule has 118 valence electrons. The fraction of sp³-hybridized carbons (Fsp3) is 0.176. The molecule has 0 atom stereocenters. The number of benzene rings is 2. The van der Waals surface area contributed by atoms with E-state index in [0.29, 0.717) is 17.9 Å². The molecule has 3 rings (SSSR count). The molecule has 1 aliphatic rings. The van der Waals surface area contributed by atoms with Gasteiger partial charge in [0.25, 0.3) is 0 Å². The third-order valence-electron chi connectivity index (χ3n) is 3.64. The summed E-state index contributed by atoms with van der Waals surface area (Å²) in [4.78, 5) is 16.9. The van der Waals surface area contributed by atoms with Crippen molar-refractivity contribution in [3.63, 3.8) is 0 Å². The van der Waals surface area contributed by atoms with E-state index in [1.54, 1.807) is 7.11 Å². The van der Waals surface area contributed by atoms with Crippen LogP contribution in [0, 0.1) is 5.82 Å². The molecule has 0 saturated heterocycles. The Hall–Kier alpha value is -2.21. The lowest BCUT2D eigenvalue weighted by atomic mass is 10.1. The van der Waals surface area contributed by atoms with Gasteiger partial charge in [0.05, 0.1) is 18.4 Å². The van der Waals surface area contributed by atoms with E-state index in [4.69, 9.17) is 9.57 Å². The van der Waals surface area contributed by atoms with Crippen molar-refractivity contribution in [3.05, 3.63) is 63.4 Å². The van der Waals surface area contributed by atoms with Gasteiger partial charge in [0.15, 0.2) is 0 Å². The minimum atomic E-state index is -0.695. The monoisotopic (exact) mass is 377 g/mol. The number of carbonyl (C=O) groups is 1. The quantitative estimate of drug-likeness (QED) is 0.597. The van der Waals surface area contributed by atoms with E-state index in [2.05, 4.69) is 21.1 Å². The number of halogens is 2. The molecule has 0 heterocycles. The third kappa shape index (κ3) is 3.12. The Labute approximate surface area is 141 Å². The zero-order chi connectivity index (χ0) is 16.4. The van der Waals surface area contributed by atoms with E-state index in [9.17, 15) is 9.18 Å². The van der Waals surface area contributed by atoms with Crippen LogP contribution < -0.4 is 4.74 Å². The SMILES string of the molecule is COc1ccc(Br)c2c1/C(=N\OC(=O)c1cccc(F)c1)CC2. The molecular weight excluding hydrogens is 365 g/mol. The third-order valence-corrected chi connectivity index (χ3v) is 4.38. The van der Waals surface area contributed by atoms with Crippen molar-refractivity contribution in [2.75, 3.05) is 7.11 Å². The minimum absolute atomic E-state index is 0.119. The predicted molar refractivity (Wildman–Crippen MR) is 87.4 cm³/mol. The van der Waals surface area contributed by atoms with Crippen molar-refractivity contribution in [1.29, 1.82) is 0 Å². The average Bonchev–Trinajstić information content (AvgIpc) is 2.98. The summed E-state index contributed by atoms with van der Waals surface area (Å²) in [6.07, 6.45) is 1.42. The molecule has 0 aliphatic heterocycles. The molecule has 4 nitrogen and oxygen atoms in total. The minimum Gasteiger partial charge on any atom is -0.496 e.